The Balaban J connectivity index is 2.17. The Morgan fingerprint density at radius 2 is 1.31 bits per heavy atom. The molecule has 0 bridgehead atoms. The van der Waals surface area contributed by atoms with Crippen LogP contribution in [0.2, 0.25) is 0 Å². The van der Waals surface area contributed by atoms with E-state index in [-0.39, 0.29) is 58.3 Å². The minimum Gasteiger partial charge on any atom is -0.444 e. The summed E-state index contributed by atoms with van der Waals surface area (Å²) in [6.45, 7) is 20.0. The van der Waals surface area contributed by atoms with E-state index >= 15 is 0 Å². The van der Waals surface area contributed by atoms with Crippen LogP contribution in [0.4, 0.5) is 9.59 Å². The minimum atomic E-state index is -1.22. The van der Waals surface area contributed by atoms with Crippen LogP contribution in [-0.4, -0.2) is 75.2 Å². The van der Waals surface area contributed by atoms with E-state index in [0.717, 1.165) is 0 Å². The van der Waals surface area contributed by atoms with E-state index in [1.807, 2.05) is 13.8 Å². The quantitative estimate of drug-likeness (QED) is 0.171. The summed E-state index contributed by atoms with van der Waals surface area (Å²) in [6, 6.07) is 0.444. The number of alkyl carbamates (subject to hydrolysis) is 2. The van der Waals surface area contributed by atoms with Crippen LogP contribution in [0.5, 0.6) is 11.5 Å². The fourth-order valence-corrected chi connectivity index (χ4v) is 4.34. The normalized spacial score (nSPS) is 12.8. The van der Waals surface area contributed by atoms with E-state index in [0.29, 0.717) is 5.56 Å². The van der Waals surface area contributed by atoms with E-state index in [1.54, 1.807) is 55.4 Å². The number of nitrogens with one attached hydrogen (secondary N) is 3. The Labute approximate surface area is 295 Å². The SMILES string of the molecule is CCNC(=O)c1noc(-c2cc(C(C)C)c(OC(=O)C(C)NC(=O)OC(C)(C)C)cc2OC(=O)C(C)NC(=O)OC(C)(C)C)c1-c1noc(C)n1. The molecule has 0 saturated carbocycles. The number of hydrogen-bond acceptors (Lipinski definition) is 14. The second-order valence-corrected chi connectivity index (χ2v) is 13.9. The number of benzene rings is 1. The van der Waals surface area contributed by atoms with Crippen molar-refractivity contribution in [3.8, 4) is 34.2 Å². The first-order chi connectivity index (χ1) is 23.6. The van der Waals surface area contributed by atoms with Gasteiger partial charge in [0, 0.05) is 19.5 Å². The molecule has 3 N–H and O–H groups in total. The number of ether oxygens (including phenoxy) is 4. The van der Waals surface area contributed by atoms with Crippen LogP contribution in [0.15, 0.2) is 21.2 Å². The summed E-state index contributed by atoms with van der Waals surface area (Å²) in [6.07, 6.45) is -1.69. The van der Waals surface area contributed by atoms with Crippen LogP contribution < -0.4 is 25.4 Å². The molecule has 0 saturated heterocycles. The standard InChI is InChI=1S/C34H46N6O11/c1-13-35-28(41)25-24(27-38-19(6)50-40-27)26(51-39-25)21-14-20(16(2)3)22(46-29(42)17(4)36-31(44)48-33(7,8)9)15-23(21)47-30(43)18(5)37-32(45)49-34(10,11)12/h14-18H,13H2,1-12H3,(H,35,41)(H,36,44)(H,37,45). The first kappa shape index (κ1) is 40.0. The molecule has 2 heterocycles. The molecule has 3 aromatic rings. The highest BCUT2D eigenvalue weighted by molar-refractivity contribution is 6.02. The third-order valence-electron chi connectivity index (χ3n) is 6.57. The maximum absolute atomic E-state index is 13.4. The van der Waals surface area contributed by atoms with Gasteiger partial charge in [0.25, 0.3) is 5.91 Å². The molecule has 51 heavy (non-hydrogen) atoms. The summed E-state index contributed by atoms with van der Waals surface area (Å²) < 4.78 is 32.9. The highest BCUT2D eigenvalue weighted by Gasteiger charge is 2.33. The number of rotatable bonds is 11. The van der Waals surface area contributed by atoms with Gasteiger partial charge in [0.15, 0.2) is 11.5 Å². The van der Waals surface area contributed by atoms with E-state index in [1.165, 1.54) is 26.0 Å². The van der Waals surface area contributed by atoms with Crippen LogP contribution >= 0.6 is 0 Å². The molecule has 3 amide bonds. The van der Waals surface area contributed by atoms with Crippen molar-refractivity contribution in [2.24, 2.45) is 0 Å². The Kier molecular flexibility index (Phi) is 12.6. The Bertz CT molecular complexity index is 1760. The van der Waals surface area contributed by atoms with E-state index in [4.69, 9.17) is 28.0 Å². The highest BCUT2D eigenvalue weighted by atomic mass is 16.6. The van der Waals surface area contributed by atoms with Crippen molar-refractivity contribution in [3.63, 3.8) is 0 Å². The number of aromatic nitrogens is 3. The summed E-state index contributed by atoms with van der Waals surface area (Å²) in [4.78, 5) is 68.8. The summed E-state index contributed by atoms with van der Waals surface area (Å²) in [7, 11) is 0. The Hall–Kier alpha value is -5.48. The van der Waals surface area contributed by atoms with Crippen molar-refractivity contribution < 1.29 is 52.0 Å². The zero-order chi connectivity index (χ0) is 38.4. The molecule has 278 valence electrons. The number of nitrogens with zero attached hydrogens (tertiary/aromatic N) is 3. The van der Waals surface area contributed by atoms with Gasteiger partial charge in [-0.25, -0.2) is 19.2 Å². The van der Waals surface area contributed by atoms with Gasteiger partial charge in [-0.05, 0) is 79.9 Å². The first-order valence-corrected chi connectivity index (χ1v) is 16.3. The Morgan fingerprint density at radius 3 is 1.76 bits per heavy atom. The van der Waals surface area contributed by atoms with Crippen molar-refractivity contribution in [1.82, 2.24) is 31.2 Å². The molecule has 0 radical (unpaired) electrons. The number of amides is 3. The van der Waals surface area contributed by atoms with Gasteiger partial charge in [0.05, 0.1) is 5.56 Å². The lowest BCUT2D eigenvalue weighted by Gasteiger charge is -2.23. The van der Waals surface area contributed by atoms with Gasteiger partial charge in [-0.15, -0.1) is 0 Å². The predicted molar refractivity (Wildman–Crippen MR) is 181 cm³/mol. The lowest BCUT2D eigenvalue weighted by atomic mass is 9.96. The molecule has 0 fully saturated rings. The van der Waals surface area contributed by atoms with Crippen molar-refractivity contribution in [2.45, 2.75) is 112 Å². The van der Waals surface area contributed by atoms with Gasteiger partial charge in [-0.1, -0.05) is 24.2 Å². The molecule has 2 aromatic heterocycles. The van der Waals surface area contributed by atoms with E-state index < -0.39 is 53.3 Å². The van der Waals surface area contributed by atoms with Gasteiger partial charge in [-0.2, -0.15) is 4.98 Å². The van der Waals surface area contributed by atoms with Crippen molar-refractivity contribution in [3.05, 3.63) is 29.3 Å². The lowest BCUT2D eigenvalue weighted by Crippen LogP contribution is -2.43. The summed E-state index contributed by atoms with van der Waals surface area (Å²) in [5.74, 6) is -2.85. The highest BCUT2D eigenvalue weighted by Crippen LogP contribution is 2.43. The van der Waals surface area contributed by atoms with Crippen LogP contribution in [0.1, 0.15) is 104 Å². The van der Waals surface area contributed by atoms with Gasteiger partial charge >= 0.3 is 24.1 Å². The van der Waals surface area contributed by atoms with E-state index in [9.17, 15) is 24.0 Å². The van der Waals surface area contributed by atoms with Crippen molar-refractivity contribution >= 4 is 30.0 Å². The van der Waals surface area contributed by atoms with Gasteiger partial charge in [0.1, 0.15) is 40.3 Å². The molecular formula is C34H46N6O11. The molecule has 2 unspecified atom stereocenters. The van der Waals surface area contributed by atoms with Gasteiger partial charge in [-0.3, -0.25) is 4.79 Å². The average molecular weight is 715 g/mol. The second-order valence-electron chi connectivity index (χ2n) is 13.9. The topological polar surface area (TPSA) is 223 Å². The summed E-state index contributed by atoms with van der Waals surface area (Å²) in [5.41, 5.74) is -1.25. The second kappa shape index (κ2) is 16.0. The summed E-state index contributed by atoms with van der Waals surface area (Å²) >= 11 is 0. The monoisotopic (exact) mass is 714 g/mol. The maximum Gasteiger partial charge on any atom is 0.408 e. The number of carbonyl (C=O) groups is 5. The molecule has 1 aromatic carbocycles. The zero-order valence-electron chi connectivity index (χ0n) is 30.9. The largest absolute Gasteiger partial charge is 0.444 e. The minimum absolute atomic E-state index is 0.0208. The van der Waals surface area contributed by atoms with Crippen LogP contribution in [-0.2, 0) is 19.1 Å². The average Bonchev–Trinajstić information content (AvgIpc) is 3.61. The Morgan fingerprint density at radius 1 is 0.784 bits per heavy atom. The van der Waals surface area contributed by atoms with E-state index in [2.05, 4.69) is 31.2 Å². The third kappa shape index (κ3) is 11.0. The van der Waals surface area contributed by atoms with Gasteiger partial charge < -0.3 is 43.9 Å². The van der Waals surface area contributed by atoms with Crippen molar-refractivity contribution in [1.29, 1.82) is 0 Å². The van der Waals surface area contributed by atoms with Crippen LogP contribution in [0.25, 0.3) is 22.7 Å². The van der Waals surface area contributed by atoms with Crippen LogP contribution in [0, 0.1) is 6.92 Å². The van der Waals surface area contributed by atoms with Gasteiger partial charge in [0.2, 0.25) is 11.7 Å². The molecule has 0 aliphatic carbocycles. The smallest absolute Gasteiger partial charge is 0.408 e. The predicted octanol–water partition coefficient (Wildman–Crippen LogP) is 5.21. The number of carbonyl (C=O) groups excluding carboxylic acids is 5. The molecule has 0 spiro atoms. The molecule has 0 aliphatic rings. The molecule has 17 nitrogen and oxygen atoms in total. The summed E-state index contributed by atoms with van der Waals surface area (Å²) in [5, 5.41) is 15.5. The number of aryl methyl sites for hydroxylation is 1. The van der Waals surface area contributed by atoms with Crippen LogP contribution in [0.3, 0.4) is 0 Å². The molecule has 17 heteroatoms. The van der Waals surface area contributed by atoms with Crippen molar-refractivity contribution in [2.75, 3.05) is 6.54 Å². The molecule has 3 rings (SSSR count). The molecule has 0 aliphatic heterocycles. The molecule has 2 atom stereocenters. The maximum atomic E-state index is 13.4. The number of hydrogen-bond donors (Lipinski definition) is 3. The third-order valence-corrected chi connectivity index (χ3v) is 6.57. The fourth-order valence-electron chi connectivity index (χ4n) is 4.34. The first-order valence-electron chi connectivity index (χ1n) is 16.3. The molecular weight excluding hydrogens is 668 g/mol. The lowest BCUT2D eigenvalue weighted by molar-refractivity contribution is -0.136. The zero-order valence-corrected chi connectivity index (χ0v) is 30.9. The fraction of sp³-hybridized carbons (Fsp3) is 0.529. The number of esters is 2.